The second-order valence-corrected chi connectivity index (χ2v) is 9.45. The lowest BCUT2D eigenvalue weighted by atomic mass is 10.1. The number of nitrogens with one attached hydrogen (secondary N) is 2. The summed E-state index contributed by atoms with van der Waals surface area (Å²) in [5.41, 5.74) is 2.57. The van der Waals surface area contributed by atoms with Crippen LogP contribution in [-0.4, -0.2) is 55.9 Å². The molecule has 8 heteroatoms. The summed E-state index contributed by atoms with van der Waals surface area (Å²) in [4.78, 5) is 39.8. The van der Waals surface area contributed by atoms with Crippen molar-refractivity contribution in [3.8, 4) is 5.75 Å². The minimum Gasteiger partial charge on any atom is -0.497 e. The van der Waals surface area contributed by atoms with Crippen LogP contribution >= 0.6 is 22.6 Å². The topological polar surface area (TPSA) is 87.7 Å². The van der Waals surface area contributed by atoms with E-state index < -0.39 is 0 Å². The first-order valence-electron chi connectivity index (χ1n) is 11.7. The van der Waals surface area contributed by atoms with Gasteiger partial charge in [-0.2, -0.15) is 0 Å². The molecule has 2 N–H and O–H groups in total. The minimum atomic E-state index is -0.366. The van der Waals surface area contributed by atoms with Crippen molar-refractivity contribution < 1.29 is 19.1 Å². The maximum atomic E-state index is 13.2. The summed E-state index contributed by atoms with van der Waals surface area (Å²) in [5.74, 6) is -0.246. The molecule has 0 aliphatic heterocycles. The van der Waals surface area contributed by atoms with Crippen molar-refractivity contribution in [3.63, 3.8) is 0 Å². The van der Waals surface area contributed by atoms with Crippen LogP contribution < -0.4 is 15.4 Å². The lowest BCUT2D eigenvalue weighted by Gasteiger charge is -2.22. The molecule has 0 aliphatic carbocycles. The first-order chi connectivity index (χ1) is 17.4. The van der Waals surface area contributed by atoms with Gasteiger partial charge in [0.15, 0.2) is 0 Å². The maximum Gasteiger partial charge on any atom is 0.254 e. The second kappa shape index (κ2) is 14.2. The Bertz CT molecular complexity index is 1170. The molecule has 0 aliphatic rings. The highest BCUT2D eigenvalue weighted by Gasteiger charge is 2.21. The van der Waals surface area contributed by atoms with E-state index in [1.807, 2.05) is 60.7 Å². The van der Waals surface area contributed by atoms with Crippen LogP contribution in [0.5, 0.6) is 5.75 Å². The summed E-state index contributed by atoms with van der Waals surface area (Å²) in [6.07, 6.45) is 1.30. The molecule has 3 aromatic carbocycles. The van der Waals surface area contributed by atoms with Crippen LogP contribution in [0.2, 0.25) is 0 Å². The van der Waals surface area contributed by atoms with E-state index in [-0.39, 0.29) is 30.8 Å². The van der Waals surface area contributed by atoms with E-state index in [4.69, 9.17) is 4.74 Å². The Labute approximate surface area is 225 Å². The summed E-state index contributed by atoms with van der Waals surface area (Å²) in [7, 11) is 1.61. The van der Waals surface area contributed by atoms with E-state index in [2.05, 4.69) is 33.2 Å². The number of hydrogen-bond donors (Lipinski definition) is 2. The van der Waals surface area contributed by atoms with Crippen LogP contribution in [0.1, 0.15) is 21.5 Å². The van der Waals surface area contributed by atoms with Crippen molar-refractivity contribution in [2.75, 3.05) is 33.3 Å². The van der Waals surface area contributed by atoms with Gasteiger partial charge in [0.05, 0.1) is 7.11 Å². The third-order valence-corrected chi connectivity index (χ3v) is 6.15. The Morgan fingerprint density at radius 3 is 2.03 bits per heavy atom. The van der Waals surface area contributed by atoms with Crippen molar-refractivity contribution in [2.45, 2.75) is 12.8 Å². The highest BCUT2D eigenvalue weighted by Crippen LogP contribution is 2.13. The molecule has 0 saturated heterocycles. The number of carbonyl (C=O) groups is 3. The Kier molecular flexibility index (Phi) is 10.7. The molecule has 0 spiro atoms. The van der Waals surface area contributed by atoms with Crippen LogP contribution in [0.25, 0.3) is 0 Å². The number of halogens is 1. The zero-order valence-corrected chi connectivity index (χ0v) is 22.4. The van der Waals surface area contributed by atoms with Crippen molar-refractivity contribution in [1.29, 1.82) is 0 Å². The summed E-state index contributed by atoms with van der Waals surface area (Å²) in [5, 5.41) is 5.70. The molecule has 3 amide bonds. The number of carbonyl (C=O) groups excluding carboxylic acids is 3. The van der Waals surface area contributed by atoms with E-state index in [1.165, 1.54) is 4.90 Å². The van der Waals surface area contributed by atoms with Gasteiger partial charge < -0.3 is 20.3 Å². The maximum absolute atomic E-state index is 13.2. The first-order valence-corrected chi connectivity index (χ1v) is 12.8. The lowest BCUT2D eigenvalue weighted by Crippen LogP contribution is -2.46. The van der Waals surface area contributed by atoms with Crippen LogP contribution in [0.4, 0.5) is 0 Å². The standard InChI is InChI=1S/C28H30IN3O4/c1-36-25-12-5-9-22(17-25)14-16-31-27(34)20-32(28(35)23-10-6-11-24(29)18-23)19-26(33)30-15-13-21-7-3-2-4-8-21/h2-12,17-18H,13-16,19-20H2,1H3,(H,30,33)(H,31,34). The second-order valence-electron chi connectivity index (χ2n) is 8.21. The smallest absolute Gasteiger partial charge is 0.254 e. The Morgan fingerprint density at radius 1 is 0.778 bits per heavy atom. The van der Waals surface area contributed by atoms with Crippen molar-refractivity contribution in [1.82, 2.24) is 15.5 Å². The molecule has 36 heavy (non-hydrogen) atoms. The van der Waals surface area contributed by atoms with E-state index in [0.717, 1.165) is 20.4 Å². The van der Waals surface area contributed by atoms with Crippen LogP contribution in [0.3, 0.4) is 0 Å². The van der Waals surface area contributed by atoms with Crippen molar-refractivity contribution >= 4 is 40.3 Å². The van der Waals surface area contributed by atoms with Gasteiger partial charge in [-0.15, -0.1) is 0 Å². The largest absolute Gasteiger partial charge is 0.497 e. The van der Waals surface area contributed by atoms with Gasteiger partial charge in [-0.1, -0.05) is 48.5 Å². The molecule has 0 unspecified atom stereocenters. The fourth-order valence-corrected chi connectivity index (χ4v) is 4.17. The van der Waals surface area contributed by atoms with E-state index in [9.17, 15) is 14.4 Å². The van der Waals surface area contributed by atoms with Gasteiger partial charge >= 0.3 is 0 Å². The van der Waals surface area contributed by atoms with Gasteiger partial charge in [-0.25, -0.2) is 0 Å². The van der Waals surface area contributed by atoms with Crippen LogP contribution in [0.15, 0.2) is 78.9 Å². The fourth-order valence-electron chi connectivity index (χ4n) is 3.63. The number of hydrogen-bond acceptors (Lipinski definition) is 4. The molecular weight excluding hydrogens is 569 g/mol. The third kappa shape index (κ3) is 8.99. The molecule has 188 valence electrons. The molecule has 7 nitrogen and oxygen atoms in total. The molecule has 0 atom stereocenters. The van der Waals surface area contributed by atoms with Crippen molar-refractivity contribution in [3.05, 3.63) is 99.1 Å². The lowest BCUT2D eigenvalue weighted by molar-refractivity contribution is -0.124. The summed E-state index contributed by atoms with van der Waals surface area (Å²) >= 11 is 2.13. The quantitative estimate of drug-likeness (QED) is 0.313. The van der Waals surface area contributed by atoms with Crippen LogP contribution in [-0.2, 0) is 22.4 Å². The molecule has 0 saturated carbocycles. The van der Waals surface area contributed by atoms with Gasteiger partial charge in [-0.3, -0.25) is 14.4 Å². The molecule has 0 radical (unpaired) electrons. The molecular formula is C28H30IN3O4. The number of nitrogens with zero attached hydrogens (tertiary/aromatic N) is 1. The third-order valence-electron chi connectivity index (χ3n) is 5.48. The molecule has 0 fully saturated rings. The van der Waals surface area contributed by atoms with Gasteiger partial charge in [0.25, 0.3) is 5.91 Å². The van der Waals surface area contributed by atoms with Gasteiger partial charge in [-0.05, 0) is 76.9 Å². The number of benzene rings is 3. The summed E-state index contributed by atoms with van der Waals surface area (Å²) in [6.45, 7) is 0.429. The summed E-state index contributed by atoms with van der Waals surface area (Å²) < 4.78 is 6.13. The first kappa shape index (κ1) is 27.2. The normalized spacial score (nSPS) is 10.4. The van der Waals surface area contributed by atoms with E-state index in [1.54, 1.807) is 25.3 Å². The average Bonchev–Trinajstić information content (AvgIpc) is 2.88. The predicted octanol–water partition coefficient (Wildman–Crippen LogP) is 3.46. The van der Waals surface area contributed by atoms with Gasteiger partial charge in [0, 0.05) is 22.2 Å². The van der Waals surface area contributed by atoms with Crippen LogP contribution in [0, 0.1) is 3.57 Å². The van der Waals surface area contributed by atoms with Crippen molar-refractivity contribution in [2.24, 2.45) is 0 Å². The zero-order chi connectivity index (χ0) is 25.8. The number of rotatable bonds is 12. The minimum absolute atomic E-state index is 0.206. The average molecular weight is 599 g/mol. The Hall–Kier alpha value is -3.40. The molecule has 0 bridgehead atoms. The monoisotopic (exact) mass is 599 g/mol. The van der Waals surface area contributed by atoms with Gasteiger partial charge in [0.2, 0.25) is 11.8 Å². The van der Waals surface area contributed by atoms with E-state index >= 15 is 0 Å². The Morgan fingerprint density at radius 2 is 1.39 bits per heavy atom. The fraction of sp³-hybridized carbons (Fsp3) is 0.250. The number of amides is 3. The molecule has 0 aromatic heterocycles. The summed E-state index contributed by atoms with van der Waals surface area (Å²) in [6, 6.07) is 24.6. The number of ether oxygens (including phenoxy) is 1. The highest BCUT2D eigenvalue weighted by molar-refractivity contribution is 14.1. The molecule has 3 aromatic rings. The predicted molar refractivity (Wildman–Crippen MR) is 148 cm³/mol. The SMILES string of the molecule is COc1cccc(CCNC(=O)CN(CC(=O)NCCc2ccccc2)C(=O)c2cccc(I)c2)c1. The molecule has 3 rings (SSSR count). The zero-order valence-electron chi connectivity index (χ0n) is 20.2. The number of methoxy groups -OCH3 is 1. The van der Waals surface area contributed by atoms with E-state index in [0.29, 0.717) is 31.5 Å². The highest BCUT2D eigenvalue weighted by atomic mass is 127. The molecule has 0 heterocycles. The Balaban J connectivity index is 1.57. The van der Waals surface area contributed by atoms with Gasteiger partial charge in [0.1, 0.15) is 18.8 Å².